The molecule has 1 aromatic heterocycles. The Balaban J connectivity index is 2.09. The molecule has 1 aliphatic rings. The quantitative estimate of drug-likeness (QED) is 0.800. The standard InChI is InChI=1S/C15H16N2O/c18-14-9-8-12-13(17-14)7-4-10-16-15(12)11-5-2-1-3-6-11/h1-3,5-6,8-9,15-16H,4,7,10H2,(H,17,18). The molecular formula is C15H16N2O. The van der Waals surface area contributed by atoms with Crippen LogP contribution in [0.4, 0.5) is 0 Å². The van der Waals surface area contributed by atoms with E-state index in [0.717, 1.165) is 25.1 Å². The van der Waals surface area contributed by atoms with Crippen molar-refractivity contribution >= 4 is 0 Å². The highest BCUT2D eigenvalue weighted by Gasteiger charge is 2.19. The van der Waals surface area contributed by atoms with E-state index < -0.39 is 0 Å². The molecule has 3 nitrogen and oxygen atoms in total. The second-order valence-electron chi connectivity index (χ2n) is 4.66. The fourth-order valence-corrected chi connectivity index (χ4v) is 2.57. The summed E-state index contributed by atoms with van der Waals surface area (Å²) in [4.78, 5) is 14.4. The van der Waals surface area contributed by atoms with E-state index in [-0.39, 0.29) is 11.6 Å². The molecule has 0 saturated carbocycles. The van der Waals surface area contributed by atoms with E-state index in [1.807, 2.05) is 24.3 Å². The number of hydrogen-bond acceptors (Lipinski definition) is 2. The molecule has 3 rings (SSSR count). The summed E-state index contributed by atoms with van der Waals surface area (Å²) in [5.74, 6) is 0. The number of aromatic amines is 1. The van der Waals surface area contributed by atoms with Gasteiger partial charge in [-0.15, -0.1) is 0 Å². The lowest BCUT2D eigenvalue weighted by molar-refractivity contribution is 0.609. The Morgan fingerprint density at radius 3 is 2.72 bits per heavy atom. The zero-order valence-corrected chi connectivity index (χ0v) is 10.1. The summed E-state index contributed by atoms with van der Waals surface area (Å²) >= 11 is 0. The van der Waals surface area contributed by atoms with Crippen LogP contribution in [0.25, 0.3) is 0 Å². The van der Waals surface area contributed by atoms with Gasteiger partial charge in [0.15, 0.2) is 0 Å². The third-order valence-electron chi connectivity index (χ3n) is 3.43. The minimum absolute atomic E-state index is 0.0116. The lowest BCUT2D eigenvalue weighted by Gasteiger charge is -2.18. The number of nitrogens with one attached hydrogen (secondary N) is 2. The Hall–Kier alpha value is -1.87. The van der Waals surface area contributed by atoms with Gasteiger partial charge in [-0.05, 0) is 36.6 Å². The fourth-order valence-electron chi connectivity index (χ4n) is 2.57. The topological polar surface area (TPSA) is 44.9 Å². The van der Waals surface area contributed by atoms with Crippen molar-refractivity contribution in [3.63, 3.8) is 0 Å². The number of fused-ring (bicyclic) bond motifs is 1. The predicted octanol–water partition coefficient (Wildman–Crippen LogP) is 2.00. The molecule has 18 heavy (non-hydrogen) atoms. The molecule has 0 bridgehead atoms. The molecule has 1 aromatic carbocycles. The van der Waals surface area contributed by atoms with E-state index in [1.54, 1.807) is 6.07 Å². The monoisotopic (exact) mass is 240 g/mol. The van der Waals surface area contributed by atoms with Gasteiger partial charge in [0.2, 0.25) is 5.56 Å². The molecule has 0 saturated heterocycles. The maximum atomic E-state index is 11.4. The van der Waals surface area contributed by atoms with Crippen LogP contribution in [0, 0.1) is 0 Å². The van der Waals surface area contributed by atoms with Crippen LogP contribution in [0.1, 0.15) is 29.3 Å². The van der Waals surface area contributed by atoms with Crippen molar-refractivity contribution < 1.29 is 0 Å². The van der Waals surface area contributed by atoms with Crippen LogP contribution >= 0.6 is 0 Å². The van der Waals surface area contributed by atoms with E-state index in [0.29, 0.717) is 0 Å². The molecule has 0 aliphatic carbocycles. The smallest absolute Gasteiger partial charge is 0.248 e. The molecule has 0 spiro atoms. The summed E-state index contributed by atoms with van der Waals surface area (Å²) in [6.07, 6.45) is 1.98. The fraction of sp³-hybridized carbons (Fsp3) is 0.267. The highest BCUT2D eigenvalue weighted by molar-refractivity contribution is 5.35. The van der Waals surface area contributed by atoms with Crippen molar-refractivity contribution in [3.05, 3.63) is 69.6 Å². The first-order chi connectivity index (χ1) is 8.84. The van der Waals surface area contributed by atoms with Crippen molar-refractivity contribution in [3.8, 4) is 0 Å². The molecule has 1 atom stereocenters. The van der Waals surface area contributed by atoms with Crippen LogP contribution < -0.4 is 10.9 Å². The van der Waals surface area contributed by atoms with Gasteiger partial charge in [-0.1, -0.05) is 30.3 Å². The van der Waals surface area contributed by atoms with Gasteiger partial charge in [0, 0.05) is 11.8 Å². The molecule has 92 valence electrons. The first-order valence-electron chi connectivity index (χ1n) is 6.35. The molecule has 0 radical (unpaired) electrons. The lowest BCUT2D eigenvalue weighted by Crippen LogP contribution is -2.22. The first kappa shape index (κ1) is 11.2. The van der Waals surface area contributed by atoms with Crippen LogP contribution in [0.15, 0.2) is 47.3 Å². The van der Waals surface area contributed by atoms with Gasteiger partial charge >= 0.3 is 0 Å². The van der Waals surface area contributed by atoms with E-state index in [9.17, 15) is 4.79 Å². The summed E-state index contributed by atoms with van der Waals surface area (Å²) < 4.78 is 0. The Morgan fingerprint density at radius 2 is 1.89 bits per heavy atom. The zero-order chi connectivity index (χ0) is 12.4. The van der Waals surface area contributed by atoms with Crippen molar-refractivity contribution in [2.24, 2.45) is 0 Å². The second kappa shape index (κ2) is 4.78. The Morgan fingerprint density at radius 1 is 1.06 bits per heavy atom. The number of H-pyrrole nitrogens is 1. The van der Waals surface area contributed by atoms with Gasteiger partial charge in [0.05, 0.1) is 6.04 Å². The molecule has 2 N–H and O–H groups in total. The third-order valence-corrected chi connectivity index (χ3v) is 3.43. The minimum atomic E-state index is -0.0116. The zero-order valence-electron chi connectivity index (χ0n) is 10.1. The largest absolute Gasteiger partial charge is 0.326 e. The van der Waals surface area contributed by atoms with E-state index >= 15 is 0 Å². The van der Waals surface area contributed by atoms with Crippen LogP contribution in [-0.2, 0) is 6.42 Å². The molecule has 3 heteroatoms. The molecule has 1 aliphatic heterocycles. The first-order valence-corrected chi connectivity index (χ1v) is 6.35. The SMILES string of the molecule is O=c1ccc2c([nH]1)CCCNC2c1ccccc1. The van der Waals surface area contributed by atoms with Gasteiger partial charge < -0.3 is 10.3 Å². The highest BCUT2D eigenvalue weighted by Crippen LogP contribution is 2.26. The van der Waals surface area contributed by atoms with Gasteiger partial charge in [-0.3, -0.25) is 4.79 Å². The van der Waals surface area contributed by atoms with Crippen LogP contribution in [0.2, 0.25) is 0 Å². The molecule has 0 fully saturated rings. The number of pyridine rings is 1. The summed E-state index contributed by atoms with van der Waals surface area (Å²) in [6, 6.07) is 14.1. The van der Waals surface area contributed by atoms with E-state index in [4.69, 9.17) is 0 Å². The highest BCUT2D eigenvalue weighted by atomic mass is 16.1. The van der Waals surface area contributed by atoms with Crippen LogP contribution in [-0.4, -0.2) is 11.5 Å². The molecule has 2 aromatic rings. The summed E-state index contributed by atoms with van der Waals surface area (Å²) in [6.45, 7) is 0.969. The Bertz CT molecular complexity index is 589. The maximum absolute atomic E-state index is 11.4. The molecule has 2 heterocycles. The van der Waals surface area contributed by atoms with Crippen LogP contribution in [0.5, 0.6) is 0 Å². The second-order valence-corrected chi connectivity index (χ2v) is 4.66. The minimum Gasteiger partial charge on any atom is -0.326 e. The third kappa shape index (κ3) is 2.09. The number of hydrogen-bond donors (Lipinski definition) is 2. The number of aromatic nitrogens is 1. The summed E-state index contributed by atoms with van der Waals surface area (Å²) in [7, 11) is 0. The summed E-state index contributed by atoms with van der Waals surface area (Å²) in [5, 5.41) is 3.55. The molecule has 1 unspecified atom stereocenters. The number of aryl methyl sites for hydroxylation is 1. The predicted molar refractivity (Wildman–Crippen MR) is 71.7 cm³/mol. The van der Waals surface area contributed by atoms with Gasteiger partial charge in [-0.2, -0.15) is 0 Å². The normalized spacial score (nSPS) is 19.0. The Labute approximate surface area is 106 Å². The maximum Gasteiger partial charge on any atom is 0.248 e. The Kier molecular flexibility index (Phi) is 2.99. The average molecular weight is 240 g/mol. The molecular weight excluding hydrogens is 224 g/mol. The number of benzene rings is 1. The van der Waals surface area contributed by atoms with Crippen molar-refractivity contribution in [1.29, 1.82) is 0 Å². The van der Waals surface area contributed by atoms with Crippen molar-refractivity contribution in [1.82, 2.24) is 10.3 Å². The van der Waals surface area contributed by atoms with E-state index in [1.165, 1.54) is 11.1 Å². The lowest BCUT2D eigenvalue weighted by atomic mass is 9.97. The van der Waals surface area contributed by atoms with Gasteiger partial charge in [0.25, 0.3) is 0 Å². The van der Waals surface area contributed by atoms with Crippen molar-refractivity contribution in [2.45, 2.75) is 18.9 Å². The average Bonchev–Trinajstić information content (AvgIpc) is 2.61. The van der Waals surface area contributed by atoms with Crippen molar-refractivity contribution in [2.75, 3.05) is 6.54 Å². The molecule has 0 amide bonds. The van der Waals surface area contributed by atoms with Gasteiger partial charge in [0.1, 0.15) is 0 Å². The van der Waals surface area contributed by atoms with E-state index in [2.05, 4.69) is 22.4 Å². The van der Waals surface area contributed by atoms with Crippen LogP contribution in [0.3, 0.4) is 0 Å². The number of rotatable bonds is 1. The summed E-state index contributed by atoms with van der Waals surface area (Å²) in [5.41, 5.74) is 3.50. The van der Waals surface area contributed by atoms with Gasteiger partial charge in [-0.25, -0.2) is 0 Å².